The molecule has 1 saturated carbocycles. The lowest BCUT2D eigenvalue weighted by molar-refractivity contribution is -0.114. The zero-order valence-corrected chi connectivity index (χ0v) is 13.2. The van der Waals surface area contributed by atoms with Gasteiger partial charge in [-0.1, -0.05) is 37.0 Å². The van der Waals surface area contributed by atoms with Crippen LogP contribution in [0.15, 0.2) is 18.2 Å². The van der Waals surface area contributed by atoms with E-state index in [2.05, 4.69) is 19.2 Å². The SMILES string of the molecule is CCOC1CC(NCc2cc(Cl)ccc2Cl)C1(C)C. The van der Waals surface area contributed by atoms with Crippen LogP contribution in [0.1, 0.15) is 32.8 Å². The van der Waals surface area contributed by atoms with Crippen molar-refractivity contribution in [3.8, 4) is 0 Å². The molecule has 2 atom stereocenters. The first-order chi connectivity index (χ1) is 8.95. The minimum absolute atomic E-state index is 0.168. The van der Waals surface area contributed by atoms with Crippen LogP contribution in [-0.2, 0) is 11.3 Å². The van der Waals surface area contributed by atoms with Crippen LogP contribution < -0.4 is 5.32 Å². The summed E-state index contributed by atoms with van der Waals surface area (Å²) in [5.74, 6) is 0. The summed E-state index contributed by atoms with van der Waals surface area (Å²) in [4.78, 5) is 0. The van der Waals surface area contributed by atoms with E-state index in [-0.39, 0.29) is 5.41 Å². The van der Waals surface area contributed by atoms with Gasteiger partial charge in [-0.3, -0.25) is 0 Å². The van der Waals surface area contributed by atoms with E-state index in [0.717, 1.165) is 35.2 Å². The smallest absolute Gasteiger partial charge is 0.0655 e. The third-order valence-corrected chi connectivity index (χ3v) is 4.70. The van der Waals surface area contributed by atoms with Gasteiger partial charge in [0.15, 0.2) is 0 Å². The predicted octanol–water partition coefficient (Wildman–Crippen LogP) is 4.29. The molecule has 19 heavy (non-hydrogen) atoms. The van der Waals surface area contributed by atoms with Gasteiger partial charge in [-0.2, -0.15) is 0 Å². The van der Waals surface area contributed by atoms with Crippen molar-refractivity contribution < 1.29 is 4.74 Å². The van der Waals surface area contributed by atoms with E-state index in [1.54, 1.807) is 0 Å². The van der Waals surface area contributed by atoms with E-state index >= 15 is 0 Å². The van der Waals surface area contributed by atoms with Crippen LogP contribution in [0.3, 0.4) is 0 Å². The van der Waals surface area contributed by atoms with Gasteiger partial charge in [0.1, 0.15) is 0 Å². The Hall–Kier alpha value is -0.280. The molecule has 0 spiro atoms. The molecule has 1 fully saturated rings. The number of hydrogen-bond acceptors (Lipinski definition) is 2. The minimum Gasteiger partial charge on any atom is -0.378 e. The second-order valence-corrected chi connectivity index (χ2v) is 6.51. The van der Waals surface area contributed by atoms with Gasteiger partial charge < -0.3 is 10.1 Å². The number of nitrogens with one attached hydrogen (secondary N) is 1. The van der Waals surface area contributed by atoms with E-state index in [1.807, 2.05) is 25.1 Å². The van der Waals surface area contributed by atoms with E-state index in [1.165, 1.54) is 0 Å². The fraction of sp³-hybridized carbons (Fsp3) is 0.600. The highest BCUT2D eigenvalue weighted by atomic mass is 35.5. The second-order valence-electron chi connectivity index (χ2n) is 5.67. The van der Waals surface area contributed by atoms with Crippen LogP contribution in [0.25, 0.3) is 0 Å². The first kappa shape index (κ1) is 15.1. The van der Waals surface area contributed by atoms with E-state index < -0.39 is 0 Å². The normalized spacial score (nSPS) is 25.1. The van der Waals surface area contributed by atoms with Gasteiger partial charge in [0.05, 0.1) is 6.10 Å². The fourth-order valence-corrected chi connectivity index (χ4v) is 3.01. The number of rotatable bonds is 5. The molecule has 0 heterocycles. The molecule has 1 aromatic carbocycles. The van der Waals surface area contributed by atoms with Crippen LogP contribution in [0.4, 0.5) is 0 Å². The average Bonchev–Trinajstić information content (AvgIpc) is 2.36. The maximum Gasteiger partial charge on any atom is 0.0655 e. The molecule has 106 valence electrons. The standard InChI is InChI=1S/C15H21Cl2NO/c1-4-19-14-8-13(15(14,2)3)18-9-10-7-11(16)5-6-12(10)17/h5-7,13-14,18H,4,8-9H2,1-3H3. The summed E-state index contributed by atoms with van der Waals surface area (Å²) in [5, 5.41) is 5.04. The van der Waals surface area contributed by atoms with E-state index in [4.69, 9.17) is 27.9 Å². The number of ether oxygens (including phenoxy) is 1. The molecule has 0 saturated heterocycles. The maximum absolute atomic E-state index is 6.17. The Bertz CT molecular complexity index is 448. The van der Waals surface area contributed by atoms with Crippen molar-refractivity contribution in [3.05, 3.63) is 33.8 Å². The van der Waals surface area contributed by atoms with Gasteiger partial charge >= 0.3 is 0 Å². The summed E-state index contributed by atoms with van der Waals surface area (Å²) < 4.78 is 5.73. The van der Waals surface area contributed by atoms with Crippen molar-refractivity contribution in [2.45, 2.75) is 45.9 Å². The second kappa shape index (κ2) is 6.01. The molecule has 4 heteroatoms. The topological polar surface area (TPSA) is 21.3 Å². The van der Waals surface area contributed by atoms with Crippen LogP contribution in [0, 0.1) is 5.41 Å². The van der Waals surface area contributed by atoms with Gasteiger partial charge in [-0.05, 0) is 37.1 Å². The Labute approximate surface area is 125 Å². The van der Waals surface area contributed by atoms with Crippen LogP contribution in [0.2, 0.25) is 10.0 Å². The van der Waals surface area contributed by atoms with E-state index in [0.29, 0.717) is 12.1 Å². The summed E-state index contributed by atoms with van der Waals surface area (Å²) in [7, 11) is 0. The highest BCUT2D eigenvalue weighted by Crippen LogP contribution is 2.42. The Balaban J connectivity index is 1.92. The summed E-state index contributed by atoms with van der Waals surface area (Å²) in [5.41, 5.74) is 1.21. The Morgan fingerprint density at radius 2 is 2.11 bits per heavy atom. The fourth-order valence-electron chi connectivity index (χ4n) is 2.63. The molecule has 0 bridgehead atoms. The van der Waals surface area contributed by atoms with Crippen molar-refractivity contribution in [2.75, 3.05) is 6.61 Å². The minimum atomic E-state index is 0.168. The van der Waals surface area contributed by atoms with Crippen molar-refractivity contribution in [1.82, 2.24) is 5.32 Å². The van der Waals surface area contributed by atoms with Gasteiger partial charge in [-0.15, -0.1) is 0 Å². The quantitative estimate of drug-likeness (QED) is 0.876. The average molecular weight is 302 g/mol. The lowest BCUT2D eigenvalue weighted by Crippen LogP contribution is -2.60. The number of benzene rings is 1. The van der Waals surface area contributed by atoms with Crippen molar-refractivity contribution in [2.24, 2.45) is 5.41 Å². The molecule has 0 aromatic heterocycles. The van der Waals surface area contributed by atoms with Crippen LogP contribution in [0.5, 0.6) is 0 Å². The summed E-state index contributed by atoms with van der Waals surface area (Å²) in [6, 6.07) is 6.03. The van der Waals surface area contributed by atoms with Gasteiger partial charge in [0.25, 0.3) is 0 Å². The van der Waals surface area contributed by atoms with E-state index in [9.17, 15) is 0 Å². The summed E-state index contributed by atoms with van der Waals surface area (Å²) in [6.45, 7) is 8.05. The maximum atomic E-state index is 6.17. The molecule has 0 amide bonds. The van der Waals surface area contributed by atoms with Crippen LogP contribution in [-0.4, -0.2) is 18.8 Å². The monoisotopic (exact) mass is 301 g/mol. The molecule has 0 aliphatic heterocycles. The number of halogens is 2. The zero-order valence-electron chi connectivity index (χ0n) is 11.7. The molecular formula is C15H21Cl2NO. The molecule has 1 aromatic rings. The van der Waals surface area contributed by atoms with Crippen molar-refractivity contribution >= 4 is 23.2 Å². The molecule has 1 aliphatic rings. The molecule has 2 nitrogen and oxygen atoms in total. The molecule has 0 radical (unpaired) electrons. The summed E-state index contributed by atoms with van der Waals surface area (Å²) in [6.07, 6.45) is 1.41. The third-order valence-electron chi connectivity index (χ3n) is 4.09. The number of hydrogen-bond donors (Lipinski definition) is 1. The third kappa shape index (κ3) is 3.25. The van der Waals surface area contributed by atoms with Crippen molar-refractivity contribution in [3.63, 3.8) is 0 Å². The Morgan fingerprint density at radius 1 is 1.37 bits per heavy atom. The first-order valence-electron chi connectivity index (χ1n) is 6.74. The molecule has 1 N–H and O–H groups in total. The van der Waals surface area contributed by atoms with Gasteiger partial charge in [-0.25, -0.2) is 0 Å². The highest BCUT2D eigenvalue weighted by molar-refractivity contribution is 6.33. The lowest BCUT2D eigenvalue weighted by Gasteiger charge is -2.52. The lowest BCUT2D eigenvalue weighted by atomic mass is 9.64. The predicted molar refractivity (Wildman–Crippen MR) is 80.9 cm³/mol. The van der Waals surface area contributed by atoms with Gasteiger partial charge in [0.2, 0.25) is 0 Å². The largest absolute Gasteiger partial charge is 0.378 e. The van der Waals surface area contributed by atoms with Gasteiger partial charge in [0, 0.05) is 34.7 Å². The Morgan fingerprint density at radius 3 is 2.74 bits per heavy atom. The molecule has 2 rings (SSSR count). The zero-order chi connectivity index (χ0) is 14.0. The van der Waals surface area contributed by atoms with Crippen molar-refractivity contribution in [1.29, 1.82) is 0 Å². The van der Waals surface area contributed by atoms with Crippen LogP contribution >= 0.6 is 23.2 Å². The molecular weight excluding hydrogens is 281 g/mol. The summed E-state index contributed by atoms with van der Waals surface area (Å²) >= 11 is 12.2. The first-order valence-corrected chi connectivity index (χ1v) is 7.49. The highest BCUT2D eigenvalue weighted by Gasteiger charge is 2.48. The molecule has 2 unspecified atom stereocenters. The Kier molecular flexibility index (Phi) is 4.78. The molecule has 1 aliphatic carbocycles.